The first-order chi connectivity index (χ1) is 17.4. The Labute approximate surface area is 219 Å². The molecular weight excluding hydrogens is 492 g/mol. The summed E-state index contributed by atoms with van der Waals surface area (Å²) in [7, 11) is 0. The van der Waals surface area contributed by atoms with Crippen LogP contribution < -0.4 is 9.64 Å². The number of hydrogen-bond acceptors (Lipinski definition) is 4. The van der Waals surface area contributed by atoms with E-state index in [0.717, 1.165) is 45.7 Å². The third kappa shape index (κ3) is 4.83. The largest absolute Gasteiger partial charge is 0.489 e. The average molecular weight is 515 g/mol. The van der Waals surface area contributed by atoms with Gasteiger partial charge in [0.15, 0.2) is 0 Å². The highest BCUT2D eigenvalue weighted by Crippen LogP contribution is 2.37. The van der Waals surface area contributed by atoms with E-state index in [-0.39, 0.29) is 11.1 Å². The second-order valence-electron chi connectivity index (χ2n) is 8.42. The van der Waals surface area contributed by atoms with Crippen LogP contribution >= 0.6 is 23.4 Å². The van der Waals surface area contributed by atoms with E-state index in [1.54, 1.807) is 30.3 Å². The van der Waals surface area contributed by atoms with Crippen molar-refractivity contribution in [2.45, 2.75) is 20.5 Å². The molecule has 3 aromatic carbocycles. The average Bonchev–Trinajstić information content (AvgIpc) is 3.32. The molecule has 5 nitrogen and oxygen atoms in total. The smallest absolute Gasteiger partial charge is 0.298 e. The molecule has 4 aromatic rings. The molecule has 0 aliphatic carbocycles. The summed E-state index contributed by atoms with van der Waals surface area (Å²) in [5, 5.41) is 0.220. The van der Waals surface area contributed by atoms with Gasteiger partial charge in [0, 0.05) is 22.1 Å². The van der Waals surface area contributed by atoms with Gasteiger partial charge in [0.1, 0.15) is 12.4 Å². The van der Waals surface area contributed by atoms with Crippen molar-refractivity contribution in [3.63, 3.8) is 0 Å². The van der Waals surface area contributed by atoms with Crippen molar-refractivity contribution in [1.82, 2.24) is 4.57 Å². The van der Waals surface area contributed by atoms with Crippen molar-refractivity contribution in [1.29, 1.82) is 0 Å². The quantitative estimate of drug-likeness (QED) is 0.249. The molecule has 1 fully saturated rings. The Kier molecular flexibility index (Phi) is 6.72. The van der Waals surface area contributed by atoms with Gasteiger partial charge in [-0.25, -0.2) is 4.90 Å². The number of carbonyl (C=O) groups excluding carboxylic acids is 2. The lowest BCUT2D eigenvalue weighted by Gasteiger charge is -2.12. The summed E-state index contributed by atoms with van der Waals surface area (Å²) >= 11 is 6.89. The van der Waals surface area contributed by atoms with Gasteiger partial charge in [-0.15, -0.1) is 0 Å². The summed E-state index contributed by atoms with van der Waals surface area (Å²) in [5.74, 6) is 0.457. The lowest BCUT2D eigenvalue weighted by Crippen LogP contribution is -2.27. The van der Waals surface area contributed by atoms with E-state index in [0.29, 0.717) is 22.2 Å². The van der Waals surface area contributed by atoms with Crippen molar-refractivity contribution < 1.29 is 14.3 Å². The summed E-state index contributed by atoms with van der Waals surface area (Å²) in [4.78, 5) is 27.2. The topological polar surface area (TPSA) is 51.5 Å². The van der Waals surface area contributed by atoms with E-state index in [2.05, 4.69) is 4.57 Å². The predicted molar refractivity (Wildman–Crippen MR) is 146 cm³/mol. The minimum Gasteiger partial charge on any atom is -0.489 e. The second kappa shape index (κ2) is 10.1. The van der Waals surface area contributed by atoms with Gasteiger partial charge in [-0.1, -0.05) is 41.9 Å². The number of rotatable bonds is 6. The lowest BCUT2D eigenvalue weighted by atomic mass is 10.2. The zero-order chi connectivity index (χ0) is 25.2. The number of thioether (sulfide) groups is 1. The summed E-state index contributed by atoms with van der Waals surface area (Å²) in [5.41, 5.74) is 5.50. The Morgan fingerprint density at radius 2 is 1.56 bits per heavy atom. The number of carbonyl (C=O) groups is 2. The van der Waals surface area contributed by atoms with Crippen molar-refractivity contribution in [3.8, 4) is 11.4 Å². The van der Waals surface area contributed by atoms with Crippen LogP contribution in [0.25, 0.3) is 11.8 Å². The third-order valence-electron chi connectivity index (χ3n) is 5.98. The van der Waals surface area contributed by atoms with Crippen molar-refractivity contribution >= 4 is 46.3 Å². The van der Waals surface area contributed by atoms with Crippen LogP contribution in [-0.2, 0) is 11.4 Å². The van der Waals surface area contributed by atoms with Crippen LogP contribution in [0.5, 0.6) is 5.75 Å². The maximum atomic E-state index is 13.0. The molecule has 0 N–H and O–H groups in total. The molecule has 36 heavy (non-hydrogen) atoms. The van der Waals surface area contributed by atoms with Gasteiger partial charge >= 0.3 is 0 Å². The Morgan fingerprint density at radius 3 is 2.25 bits per heavy atom. The van der Waals surface area contributed by atoms with E-state index in [4.69, 9.17) is 16.3 Å². The number of anilines is 1. The fraction of sp³-hybridized carbons (Fsp3) is 0.103. The Morgan fingerprint density at radius 1 is 0.889 bits per heavy atom. The Hall–Kier alpha value is -3.74. The Bertz CT molecular complexity index is 1460. The number of hydrogen-bond donors (Lipinski definition) is 0. The molecule has 2 amide bonds. The van der Waals surface area contributed by atoms with Gasteiger partial charge in [0.2, 0.25) is 0 Å². The summed E-state index contributed by atoms with van der Waals surface area (Å²) in [6.07, 6.45) is 1.79. The van der Waals surface area contributed by atoms with Gasteiger partial charge in [0.25, 0.3) is 11.1 Å². The number of amides is 2. The maximum absolute atomic E-state index is 13.0. The van der Waals surface area contributed by atoms with E-state index in [9.17, 15) is 9.59 Å². The number of benzene rings is 3. The molecule has 0 saturated carbocycles. The van der Waals surface area contributed by atoms with E-state index >= 15 is 0 Å². The number of aromatic nitrogens is 1. The second-order valence-corrected chi connectivity index (χ2v) is 9.85. The number of nitrogens with zero attached hydrogens (tertiary/aromatic N) is 2. The minimum atomic E-state index is -0.336. The first-order valence-corrected chi connectivity index (χ1v) is 12.6. The van der Waals surface area contributed by atoms with Crippen LogP contribution in [0.1, 0.15) is 22.5 Å². The SMILES string of the molecule is Cc1cc(/C=C2/SC(=O)N(c3ccc(Cl)cc3)C2=O)c(C)n1-c1ccc(OCc2ccccc2)cc1. The lowest BCUT2D eigenvalue weighted by molar-refractivity contribution is -0.113. The molecule has 1 saturated heterocycles. The molecule has 0 spiro atoms. The first kappa shape index (κ1) is 24.0. The van der Waals surface area contributed by atoms with Gasteiger partial charge in [-0.3, -0.25) is 9.59 Å². The zero-order valence-corrected chi connectivity index (χ0v) is 21.3. The molecule has 7 heteroatoms. The third-order valence-corrected chi connectivity index (χ3v) is 7.10. The van der Waals surface area contributed by atoms with Gasteiger partial charge in [-0.2, -0.15) is 0 Å². The number of aryl methyl sites for hydroxylation is 1. The Balaban J connectivity index is 1.36. The van der Waals surface area contributed by atoms with E-state index in [1.807, 2.05) is 74.5 Å². The standard InChI is InChI=1S/C29H23ClN2O3S/c1-19-16-22(17-27-28(33)32(29(34)36-27)25-10-8-23(30)9-11-25)20(2)31(19)24-12-14-26(15-13-24)35-18-21-6-4-3-5-7-21/h3-17H,18H2,1-2H3/b27-17+. The minimum absolute atomic E-state index is 0.325. The monoisotopic (exact) mass is 514 g/mol. The normalized spacial score (nSPS) is 14.6. The maximum Gasteiger partial charge on any atom is 0.298 e. The van der Waals surface area contributed by atoms with Crippen LogP contribution in [-0.4, -0.2) is 15.7 Å². The van der Waals surface area contributed by atoms with Gasteiger partial charge in [-0.05, 0) is 97.4 Å². The molecule has 1 aromatic heterocycles. The van der Waals surface area contributed by atoms with Crippen LogP contribution in [0.4, 0.5) is 10.5 Å². The molecule has 180 valence electrons. The molecule has 5 rings (SSSR count). The highest BCUT2D eigenvalue weighted by Gasteiger charge is 2.36. The molecule has 1 aliphatic heterocycles. The molecule has 1 aliphatic rings. The zero-order valence-electron chi connectivity index (χ0n) is 19.8. The summed E-state index contributed by atoms with van der Waals surface area (Å²) in [6, 6.07) is 26.7. The van der Waals surface area contributed by atoms with Crippen molar-refractivity contribution in [2.24, 2.45) is 0 Å². The molecule has 0 atom stereocenters. The predicted octanol–water partition coefficient (Wildman–Crippen LogP) is 7.57. The van der Waals surface area contributed by atoms with Gasteiger partial charge < -0.3 is 9.30 Å². The molecule has 2 heterocycles. The highest BCUT2D eigenvalue weighted by atomic mass is 35.5. The fourth-order valence-electron chi connectivity index (χ4n) is 4.19. The number of ether oxygens (including phenoxy) is 1. The van der Waals surface area contributed by atoms with Crippen molar-refractivity contribution in [3.05, 3.63) is 117 Å². The van der Waals surface area contributed by atoms with Crippen LogP contribution in [0.15, 0.2) is 89.8 Å². The van der Waals surface area contributed by atoms with Gasteiger partial charge in [0.05, 0.1) is 10.6 Å². The van der Waals surface area contributed by atoms with E-state index < -0.39 is 0 Å². The van der Waals surface area contributed by atoms with E-state index in [1.165, 1.54) is 4.90 Å². The molecular formula is C29H23ClN2O3S. The van der Waals surface area contributed by atoms with Crippen LogP contribution in [0, 0.1) is 13.8 Å². The molecule has 0 bridgehead atoms. The number of halogens is 1. The van der Waals surface area contributed by atoms with Crippen molar-refractivity contribution in [2.75, 3.05) is 4.90 Å². The first-order valence-electron chi connectivity index (χ1n) is 11.4. The fourth-order valence-corrected chi connectivity index (χ4v) is 5.14. The molecule has 0 unspecified atom stereocenters. The number of imide groups is 1. The summed E-state index contributed by atoms with van der Waals surface area (Å²) < 4.78 is 8.03. The summed E-state index contributed by atoms with van der Waals surface area (Å²) in [6.45, 7) is 4.53. The molecule has 0 radical (unpaired) electrons. The highest BCUT2D eigenvalue weighted by molar-refractivity contribution is 8.19. The van der Waals surface area contributed by atoms with Crippen LogP contribution in [0.3, 0.4) is 0 Å². The van der Waals surface area contributed by atoms with Crippen LogP contribution in [0.2, 0.25) is 5.02 Å².